The van der Waals surface area contributed by atoms with Gasteiger partial charge >= 0.3 is 0 Å². The van der Waals surface area contributed by atoms with Crippen molar-refractivity contribution in [1.29, 1.82) is 0 Å². The van der Waals surface area contributed by atoms with Crippen molar-refractivity contribution >= 4 is 30.1 Å². The number of hydrogen-bond donors (Lipinski definition) is 1. The summed E-state index contributed by atoms with van der Waals surface area (Å²) in [5.74, 6) is 0.896. The van der Waals surface area contributed by atoms with Crippen molar-refractivity contribution in [3.63, 3.8) is 0 Å². The molecule has 1 rings (SSSR count). The van der Waals surface area contributed by atoms with Gasteiger partial charge in [-0.2, -0.15) is 0 Å². The summed E-state index contributed by atoms with van der Waals surface area (Å²) in [5.41, 5.74) is 0. The molecule has 96 valence electrons. The van der Waals surface area contributed by atoms with Crippen molar-refractivity contribution in [1.82, 2.24) is 10.2 Å². The Morgan fingerprint density at radius 1 is 1.50 bits per heavy atom. The number of likely N-dealkylation sites (N-methyl/N-ethyl adjacent to an activating group) is 1. The van der Waals surface area contributed by atoms with Crippen LogP contribution in [0.3, 0.4) is 0 Å². The lowest BCUT2D eigenvalue weighted by molar-refractivity contribution is -0.127. The highest BCUT2D eigenvalue weighted by atomic mass is 35.5. The van der Waals surface area contributed by atoms with Gasteiger partial charge < -0.3 is 10.2 Å². The molecule has 1 unspecified atom stereocenters. The van der Waals surface area contributed by atoms with Crippen LogP contribution in [0.1, 0.15) is 27.2 Å². The van der Waals surface area contributed by atoms with Gasteiger partial charge in [0.15, 0.2) is 0 Å². The van der Waals surface area contributed by atoms with Crippen LogP contribution in [0.2, 0.25) is 0 Å². The normalized spacial score (nSPS) is 20.8. The Morgan fingerprint density at radius 2 is 2.12 bits per heavy atom. The summed E-state index contributed by atoms with van der Waals surface area (Å²) < 4.78 is 0.178. The highest BCUT2D eigenvalue weighted by Gasteiger charge is 2.25. The second-order valence-electron chi connectivity index (χ2n) is 5.02. The van der Waals surface area contributed by atoms with Gasteiger partial charge in [-0.3, -0.25) is 4.79 Å². The highest BCUT2D eigenvalue weighted by Crippen LogP contribution is 2.23. The maximum atomic E-state index is 11.8. The zero-order valence-corrected chi connectivity index (χ0v) is 12.2. The second-order valence-corrected chi connectivity index (χ2v) is 6.82. The van der Waals surface area contributed by atoms with Crippen LogP contribution in [-0.2, 0) is 4.79 Å². The van der Waals surface area contributed by atoms with Crippen molar-refractivity contribution < 1.29 is 4.79 Å². The average Bonchev–Trinajstić information content (AvgIpc) is 2.61. The molecule has 0 spiro atoms. The first-order valence-corrected chi connectivity index (χ1v) is 6.50. The van der Waals surface area contributed by atoms with Gasteiger partial charge in [0.05, 0.1) is 5.75 Å². The molecule has 0 aliphatic carbocycles. The fourth-order valence-electron chi connectivity index (χ4n) is 1.59. The molecule has 3 nitrogen and oxygen atoms in total. The molecule has 1 aliphatic rings. The van der Waals surface area contributed by atoms with Crippen molar-refractivity contribution in [2.75, 3.05) is 25.9 Å². The molecular weight excluding hydrogens is 244 g/mol. The fourth-order valence-corrected chi connectivity index (χ4v) is 2.33. The monoisotopic (exact) mass is 266 g/mol. The second kappa shape index (κ2) is 6.72. The van der Waals surface area contributed by atoms with Gasteiger partial charge in [0.2, 0.25) is 5.91 Å². The highest BCUT2D eigenvalue weighted by molar-refractivity contribution is 8.01. The third-order valence-corrected chi connectivity index (χ3v) is 3.84. The van der Waals surface area contributed by atoms with E-state index in [-0.39, 0.29) is 23.1 Å². The SMILES string of the molecule is CNC1CCN(C(=O)CSC(C)(C)C)C1.Cl. The number of thioether (sulfide) groups is 1. The van der Waals surface area contributed by atoms with Gasteiger partial charge in [0.25, 0.3) is 0 Å². The molecule has 1 saturated heterocycles. The van der Waals surface area contributed by atoms with Crippen LogP contribution >= 0.6 is 24.2 Å². The largest absolute Gasteiger partial charge is 0.340 e. The summed E-state index contributed by atoms with van der Waals surface area (Å²) in [6, 6.07) is 0.494. The number of carbonyl (C=O) groups is 1. The minimum atomic E-state index is 0. The third-order valence-electron chi connectivity index (χ3n) is 2.58. The number of hydrogen-bond acceptors (Lipinski definition) is 3. The van der Waals surface area contributed by atoms with E-state index in [2.05, 4.69) is 26.1 Å². The van der Waals surface area contributed by atoms with Crippen LogP contribution in [0.4, 0.5) is 0 Å². The quantitative estimate of drug-likeness (QED) is 0.845. The Kier molecular flexibility index (Phi) is 6.75. The summed E-state index contributed by atoms with van der Waals surface area (Å²) in [6.07, 6.45) is 1.09. The van der Waals surface area contributed by atoms with Gasteiger partial charge in [0, 0.05) is 23.9 Å². The van der Waals surface area contributed by atoms with E-state index in [9.17, 15) is 4.79 Å². The molecule has 1 atom stereocenters. The number of nitrogens with zero attached hydrogens (tertiary/aromatic N) is 1. The van der Waals surface area contributed by atoms with Crippen LogP contribution in [0.15, 0.2) is 0 Å². The zero-order valence-electron chi connectivity index (χ0n) is 10.6. The Hall–Kier alpha value is 0.0700. The van der Waals surface area contributed by atoms with Gasteiger partial charge in [-0.1, -0.05) is 20.8 Å². The first kappa shape index (κ1) is 16.1. The van der Waals surface area contributed by atoms with E-state index in [1.807, 2.05) is 11.9 Å². The standard InChI is InChI=1S/C11H22N2OS.ClH/c1-11(2,3)15-8-10(14)13-6-5-9(7-13)12-4;/h9,12H,5-8H2,1-4H3;1H. The van der Waals surface area contributed by atoms with Gasteiger partial charge in [0.1, 0.15) is 0 Å². The molecule has 0 saturated carbocycles. The Labute approximate surface area is 109 Å². The Morgan fingerprint density at radius 3 is 2.56 bits per heavy atom. The number of rotatable bonds is 3. The molecule has 1 amide bonds. The van der Waals surface area contributed by atoms with Gasteiger partial charge in [-0.05, 0) is 13.5 Å². The predicted molar refractivity (Wildman–Crippen MR) is 73.5 cm³/mol. The van der Waals surface area contributed by atoms with E-state index >= 15 is 0 Å². The third kappa shape index (κ3) is 5.41. The minimum Gasteiger partial charge on any atom is -0.340 e. The number of nitrogens with one attached hydrogen (secondary N) is 1. The van der Waals surface area contributed by atoms with Gasteiger partial charge in [-0.25, -0.2) is 0 Å². The maximum absolute atomic E-state index is 11.8. The minimum absolute atomic E-state index is 0. The van der Waals surface area contributed by atoms with E-state index in [1.165, 1.54) is 0 Å². The van der Waals surface area contributed by atoms with Crippen molar-refractivity contribution in [2.24, 2.45) is 0 Å². The Balaban J connectivity index is 0.00000225. The van der Waals surface area contributed by atoms with E-state index in [1.54, 1.807) is 11.8 Å². The van der Waals surface area contributed by atoms with Crippen molar-refractivity contribution in [3.8, 4) is 0 Å². The van der Waals surface area contributed by atoms with Crippen LogP contribution in [0.5, 0.6) is 0 Å². The molecule has 1 heterocycles. The van der Waals surface area contributed by atoms with E-state index < -0.39 is 0 Å². The number of amides is 1. The number of likely N-dealkylation sites (tertiary alicyclic amines) is 1. The molecule has 0 bridgehead atoms. The first-order chi connectivity index (χ1) is 6.92. The number of halogens is 1. The molecule has 0 aromatic heterocycles. The molecule has 0 radical (unpaired) electrons. The summed E-state index contributed by atoms with van der Waals surface area (Å²) in [7, 11) is 1.96. The van der Waals surface area contributed by atoms with E-state index in [0.29, 0.717) is 11.8 Å². The Bertz CT molecular complexity index is 231. The lowest BCUT2D eigenvalue weighted by Crippen LogP contribution is -2.35. The summed E-state index contributed by atoms with van der Waals surface area (Å²) >= 11 is 1.73. The molecule has 0 aromatic rings. The van der Waals surface area contributed by atoms with Crippen LogP contribution in [-0.4, -0.2) is 47.5 Å². The first-order valence-electron chi connectivity index (χ1n) is 5.51. The smallest absolute Gasteiger partial charge is 0.232 e. The summed E-state index contributed by atoms with van der Waals surface area (Å²) in [5, 5.41) is 3.22. The fraction of sp³-hybridized carbons (Fsp3) is 0.909. The van der Waals surface area contributed by atoms with Crippen LogP contribution in [0, 0.1) is 0 Å². The summed E-state index contributed by atoms with van der Waals surface area (Å²) in [4.78, 5) is 13.8. The molecule has 5 heteroatoms. The average molecular weight is 267 g/mol. The van der Waals surface area contributed by atoms with E-state index in [4.69, 9.17) is 0 Å². The molecular formula is C11H23ClN2OS. The molecule has 1 N–H and O–H groups in total. The van der Waals surface area contributed by atoms with Crippen molar-refractivity contribution in [2.45, 2.75) is 38.0 Å². The predicted octanol–water partition coefficient (Wildman–Crippen LogP) is 1.76. The van der Waals surface area contributed by atoms with Gasteiger partial charge in [-0.15, -0.1) is 24.2 Å². The summed E-state index contributed by atoms with van der Waals surface area (Å²) in [6.45, 7) is 8.22. The van der Waals surface area contributed by atoms with Crippen LogP contribution in [0.25, 0.3) is 0 Å². The maximum Gasteiger partial charge on any atom is 0.232 e. The van der Waals surface area contributed by atoms with Crippen LogP contribution < -0.4 is 5.32 Å². The molecule has 1 fully saturated rings. The lowest BCUT2D eigenvalue weighted by atomic mass is 10.3. The molecule has 0 aromatic carbocycles. The number of carbonyl (C=O) groups excluding carboxylic acids is 1. The van der Waals surface area contributed by atoms with E-state index in [0.717, 1.165) is 19.5 Å². The zero-order chi connectivity index (χ0) is 11.5. The molecule has 16 heavy (non-hydrogen) atoms. The topological polar surface area (TPSA) is 32.3 Å². The van der Waals surface area contributed by atoms with Crippen molar-refractivity contribution in [3.05, 3.63) is 0 Å². The molecule has 1 aliphatic heterocycles. The lowest BCUT2D eigenvalue weighted by Gasteiger charge is -2.21.